The fourth-order valence-corrected chi connectivity index (χ4v) is 3.34. The van der Waals surface area contributed by atoms with E-state index in [1.807, 2.05) is 6.07 Å². The van der Waals surface area contributed by atoms with Gasteiger partial charge in [0, 0.05) is 22.7 Å². The number of hydrogen-bond donors (Lipinski definition) is 2. The van der Waals surface area contributed by atoms with Gasteiger partial charge in [0.15, 0.2) is 0 Å². The SMILES string of the molecule is Cc1ccc(C(N)CSc2cc3ccccc3[nH]2)cc1C. The van der Waals surface area contributed by atoms with Crippen LogP contribution in [0.2, 0.25) is 0 Å². The minimum absolute atomic E-state index is 0.0562. The van der Waals surface area contributed by atoms with E-state index in [2.05, 4.69) is 61.3 Å². The number of thioether (sulfide) groups is 1. The smallest absolute Gasteiger partial charge is 0.0733 e. The molecule has 3 heteroatoms. The zero-order chi connectivity index (χ0) is 14.8. The maximum Gasteiger partial charge on any atom is 0.0733 e. The highest BCUT2D eigenvalue weighted by atomic mass is 32.2. The summed E-state index contributed by atoms with van der Waals surface area (Å²) in [6, 6.07) is 17.1. The van der Waals surface area contributed by atoms with Gasteiger partial charge in [0.25, 0.3) is 0 Å². The van der Waals surface area contributed by atoms with Gasteiger partial charge in [0.2, 0.25) is 0 Å². The largest absolute Gasteiger partial charge is 0.350 e. The Hall–Kier alpha value is -1.71. The first-order chi connectivity index (χ1) is 10.1. The van der Waals surface area contributed by atoms with E-state index in [9.17, 15) is 0 Å². The molecule has 0 fully saturated rings. The molecular weight excluding hydrogens is 276 g/mol. The fourth-order valence-electron chi connectivity index (χ4n) is 2.40. The summed E-state index contributed by atoms with van der Waals surface area (Å²) in [7, 11) is 0. The minimum Gasteiger partial charge on any atom is -0.350 e. The topological polar surface area (TPSA) is 41.8 Å². The van der Waals surface area contributed by atoms with Gasteiger partial charge < -0.3 is 10.7 Å². The molecule has 1 aromatic heterocycles. The molecule has 0 bridgehead atoms. The van der Waals surface area contributed by atoms with E-state index in [1.54, 1.807) is 11.8 Å². The molecule has 0 saturated carbocycles. The molecule has 1 heterocycles. The van der Waals surface area contributed by atoms with E-state index < -0.39 is 0 Å². The molecule has 0 aliphatic rings. The maximum atomic E-state index is 6.32. The molecule has 1 unspecified atom stereocenters. The Morgan fingerprint density at radius 1 is 1.05 bits per heavy atom. The summed E-state index contributed by atoms with van der Waals surface area (Å²) in [5.41, 5.74) is 11.3. The lowest BCUT2D eigenvalue weighted by Gasteiger charge is -2.13. The van der Waals surface area contributed by atoms with Crippen LogP contribution >= 0.6 is 11.8 Å². The fraction of sp³-hybridized carbons (Fsp3) is 0.222. The number of aromatic nitrogens is 1. The number of hydrogen-bond acceptors (Lipinski definition) is 2. The van der Waals surface area contributed by atoms with E-state index in [1.165, 1.54) is 32.6 Å². The summed E-state index contributed by atoms with van der Waals surface area (Å²) >= 11 is 1.78. The summed E-state index contributed by atoms with van der Waals surface area (Å²) in [6.07, 6.45) is 0. The van der Waals surface area contributed by atoms with Crippen LogP contribution in [0.1, 0.15) is 22.7 Å². The average molecular weight is 296 g/mol. The highest BCUT2D eigenvalue weighted by Crippen LogP contribution is 2.27. The third-order valence-electron chi connectivity index (χ3n) is 3.88. The second-order valence-corrected chi connectivity index (χ2v) is 6.54. The van der Waals surface area contributed by atoms with Gasteiger partial charge in [-0.15, -0.1) is 11.8 Å². The van der Waals surface area contributed by atoms with Crippen LogP contribution in [0.15, 0.2) is 53.6 Å². The van der Waals surface area contributed by atoms with Gasteiger partial charge in [0.1, 0.15) is 0 Å². The summed E-state index contributed by atoms with van der Waals surface area (Å²) in [4.78, 5) is 3.43. The molecule has 2 nitrogen and oxygen atoms in total. The van der Waals surface area contributed by atoms with Crippen molar-refractivity contribution in [2.75, 3.05) is 5.75 Å². The van der Waals surface area contributed by atoms with Crippen molar-refractivity contribution in [3.05, 3.63) is 65.2 Å². The van der Waals surface area contributed by atoms with E-state index in [4.69, 9.17) is 5.73 Å². The molecule has 1 atom stereocenters. The Morgan fingerprint density at radius 2 is 1.86 bits per heavy atom. The molecule has 0 radical (unpaired) electrons. The Morgan fingerprint density at radius 3 is 2.62 bits per heavy atom. The molecular formula is C18H20N2S. The van der Waals surface area contributed by atoms with Gasteiger partial charge in [-0.25, -0.2) is 0 Å². The highest BCUT2D eigenvalue weighted by molar-refractivity contribution is 7.99. The van der Waals surface area contributed by atoms with Gasteiger partial charge in [0.05, 0.1) is 5.03 Å². The maximum absolute atomic E-state index is 6.32. The third-order valence-corrected chi connectivity index (χ3v) is 4.94. The van der Waals surface area contributed by atoms with Crippen molar-refractivity contribution < 1.29 is 0 Å². The summed E-state index contributed by atoms with van der Waals surface area (Å²) in [5, 5.41) is 2.43. The molecule has 0 aliphatic carbocycles. The molecule has 3 aromatic rings. The van der Waals surface area contributed by atoms with Crippen LogP contribution in [0.5, 0.6) is 0 Å². The predicted octanol–water partition coefficient (Wildman–Crippen LogP) is 4.58. The lowest BCUT2D eigenvalue weighted by Crippen LogP contribution is -2.13. The summed E-state index contributed by atoms with van der Waals surface area (Å²) < 4.78 is 0. The number of aromatic amines is 1. The van der Waals surface area contributed by atoms with Crippen LogP contribution in [0.3, 0.4) is 0 Å². The Balaban J connectivity index is 1.70. The molecule has 3 rings (SSSR count). The lowest BCUT2D eigenvalue weighted by atomic mass is 10.0. The quantitative estimate of drug-likeness (QED) is 0.692. The molecule has 21 heavy (non-hydrogen) atoms. The normalized spacial score (nSPS) is 12.7. The first kappa shape index (κ1) is 14.2. The molecule has 0 spiro atoms. The standard InChI is InChI=1S/C18H20N2S/c1-12-7-8-14(9-13(12)2)16(19)11-21-18-10-15-5-3-4-6-17(15)20-18/h3-10,16,20H,11,19H2,1-2H3. The first-order valence-corrected chi connectivity index (χ1v) is 8.15. The molecule has 0 amide bonds. The number of rotatable bonds is 4. The zero-order valence-corrected chi connectivity index (χ0v) is 13.2. The van der Waals surface area contributed by atoms with E-state index in [0.717, 1.165) is 5.75 Å². The number of fused-ring (bicyclic) bond motifs is 1. The van der Waals surface area contributed by atoms with Crippen molar-refractivity contribution in [2.24, 2.45) is 5.73 Å². The Labute approximate surface area is 129 Å². The van der Waals surface area contributed by atoms with Crippen molar-refractivity contribution in [2.45, 2.75) is 24.9 Å². The molecule has 0 saturated heterocycles. The lowest BCUT2D eigenvalue weighted by molar-refractivity contribution is 0.828. The van der Waals surface area contributed by atoms with Crippen molar-refractivity contribution in [3.8, 4) is 0 Å². The van der Waals surface area contributed by atoms with Crippen LogP contribution in [0.25, 0.3) is 10.9 Å². The van der Waals surface area contributed by atoms with Gasteiger partial charge in [-0.2, -0.15) is 0 Å². The number of H-pyrrole nitrogens is 1. The van der Waals surface area contributed by atoms with Crippen molar-refractivity contribution in [1.29, 1.82) is 0 Å². The zero-order valence-electron chi connectivity index (χ0n) is 12.4. The van der Waals surface area contributed by atoms with E-state index in [-0.39, 0.29) is 6.04 Å². The van der Waals surface area contributed by atoms with Crippen LogP contribution in [0.4, 0.5) is 0 Å². The minimum atomic E-state index is 0.0562. The van der Waals surface area contributed by atoms with Crippen LogP contribution in [-0.2, 0) is 0 Å². The van der Waals surface area contributed by atoms with Crippen LogP contribution in [0, 0.1) is 13.8 Å². The van der Waals surface area contributed by atoms with E-state index >= 15 is 0 Å². The van der Waals surface area contributed by atoms with Crippen molar-refractivity contribution in [3.63, 3.8) is 0 Å². The molecule has 3 N–H and O–H groups in total. The number of aryl methyl sites for hydroxylation is 2. The van der Waals surface area contributed by atoms with Crippen molar-refractivity contribution in [1.82, 2.24) is 4.98 Å². The number of nitrogens with two attached hydrogens (primary N) is 1. The highest BCUT2D eigenvalue weighted by Gasteiger charge is 2.09. The molecule has 0 aliphatic heterocycles. The predicted molar refractivity (Wildman–Crippen MR) is 91.9 cm³/mol. The number of benzene rings is 2. The van der Waals surface area contributed by atoms with Gasteiger partial charge >= 0.3 is 0 Å². The molecule has 2 aromatic carbocycles. The van der Waals surface area contributed by atoms with E-state index in [0.29, 0.717) is 0 Å². The average Bonchev–Trinajstić information content (AvgIpc) is 2.90. The third kappa shape index (κ3) is 3.14. The number of para-hydroxylation sites is 1. The van der Waals surface area contributed by atoms with Crippen molar-refractivity contribution >= 4 is 22.7 Å². The first-order valence-electron chi connectivity index (χ1n) is 7.17. The molecule has 108 valence electrons. The van der Waals surface area contributed by atoms with Gasteiger partial charge in [-0.3, -0.25) is 0 Å². The number of nitrogens with one attached hydrogen (secondary N) is 1. The second kappa shape index (κ2) is 5.96. The van der Waals surface area contributed by atoms with Gasteiger partial charge in [-0.05, 0) is 42.7 Å². The van der Waals surface area contributed by atoms with Gasteiger partial charge in [-0.1, -0.05) is 36.4 Å². The summed E-state index contributed by atoms with van der Waals surface area (Å²) in [5.74, 6) is 0.870. The summed E-state index contributed by atoms with van der Waals surface area (Å²) in [6.45, 7) is 4.26. The monoisotopic (exact) mass is 296 g/mol. The Bertz CT molecular complexity index is 728. The van der Waals surface area contributed by atoms with Crippen LogP contribution < -0.4 is 5.73 Å². The Kier molecular flexibility index (Phi) is 4.04. The second-order valence-electron chi connectivity index (χ2n) is 5.48. The van der Waals surface area contributed by atoms with Crippen LogP contribution in [-0.4, -0.2) is 10.7 Å².